The van der Waals surface area contributed by atoms with Crippen molar-refractivity contribution >= 4 is 17.7 Å². The molecule has 1 saturated heterocycles. The number of amides is 1. The molecule has 5 nitrogen and oxygen atoms in total. The summed E-state index contributed by atoms with van der Waals surface area (Å²) in [6.45, 7) is 7.01. The lowest BCUT2D eigenvalue weighted by Crippen LogP contribution is -2.33. The van der Waals surface area contributed by atoms with Gasteiger partial charge in [-0.25, -0.2) is 0 Å². The maximum absolute atomic E-state index is 12.6. The standard InChI is InChI=1S/C20H28N4OS/c1-16(2)14-24-19(17-10-6-5-7-11-17)21-22-20(24)26-15-18(25)23-12-8-3-4-9-13-23/h5-7,10-11,16H,3-4,8-9,12-15H2,1-2H3. The Bertz CT molecular complexity index is 706. The van der Waals surface area contributed by atoms with Gasteiger partial charge in [-0.2, -0.15) is 0 Å². The highest BCUT2D eigenvalue weighted by Gasteiger charge is 2.19. The minimum absolute atomic E-state index is 0.220. The second-order valence-corrected chi connectivity index (χ2v) is 8.20. The van der Waals surface area contributed by atoms with Crippen molar-refractivity contribution in [3.63, 3.8) is 0 Å². The quantitative estimate of drug-likeness (QED) is 0.717. The fourth-order valence-electron chi connectivity index (χ4n) is 3.26. The fourth-order valence-corrected chi connectivity index (χ4v) is 4.11. The number of thioether (sulfide) groups is 1. The predicted molar refractivity (Wildman–Crippen MR) is 106 cm³/mol. The van der Waals surface area contributed by atoms with Crippen LogP contribution in [0, 0.1) is 5.92 Å². The summed E-state index contributed by atoms with van der Waals surface area (Å²) in [6.07, 6.45) is 4.72. The molecule has 26 heavy (non-hydrogen) atoms. The van der Waals surface area contributed by atoms with E-state index < -0.39 is 0 Å². The van der Waals surface area contributed by atoms with Gasteiger partial charge >= 0.3 is 0 Å². The van der Waals surface area contributed by atoms with E-state index >= 15 is 0 Å². The van der Waals surface area contributed by atoms with E-state index in [1.165, 1.54) is 24.6 Å². The van der Waals surface area contributed by atoms with Gasteiger partial charge in [0, 0.05) is 25.2 Å². The van der Waals surface area contributed by atoms with Crippen LogP contribution in [0.25, 0.3) is 11.4 Å². The molecule has 2 heterocycles. The smallest absolute Gasteiger partial charge is 0.233 e. The maximum Gasteiger partial charge on any atom is 0.233 e. The third-order valence-corrected chi connectivity index (χ3v) is 5.53. The predicted octanol–water partition coefficient (Wildman–Crippen LogP) is 4.10. The first-order valence-electron chi connectivity index (χ1n) is 9.54. The van der Waals surface area contributed by atoms with Gasteiger partial charge < -0.3 is 9.47 Å². The third kappa shape index (κ3) is 4.87. The number of hydrogen-bond acceptors (Lipinski definition) is 4. The van der Waals surface area contributed by atoms with Crippen molar-refractivity contribution in [1.82, 2.24) is 19.7 Å². The SMILES string of the molecule is CC(C)Cn1c(SCC(=O)N2CCCCCC2)nnc1-c1ccccc1. The summed E-state index contributed by atoms with van der Waals surface area (Å²) >= 11 is 1.51. The fraction of sp³-hybridized carbons (Fsp3) is 0.550. The van der Waals surface area contributed by atoms with Gasteiger partial charge in [0.25, 0.3) is 0 Å². The number of carbonyl (C=O) groups is 1. The Balaban J connectivity index is 1.72. The average Bonchev–Trinajstić information content (AvgIpc) is 2.84. The monoisotopic (exact) mass is 372 g/mol. The molecule has 0 atom stereocenters. The van der Waals surface area contributed by atoms with Gasteiger partial charge in [-0.15, -0.1) is 10.2 Å². The van der Waals surface area contributed by atoms with Crippen LogP contribution in [0.3, 0.4) is 0 Å². The van der Waals surface area contributed by atoms with Crippen LogP contribution in [-0.4, -0.2) is 44.4 Å². The average molecular weight is 373 g/mol. The number of rotatable bonds is 6. The van der Waals surface area contributed by atoms with Gasteiger partial charge in [0.15, 0.2) is 11.0 Å². The van der Waals surface area contributed by atoms with Crippen LogP contribution in [0.2, 0.25) is 0 Å². The van der Waals surface area contributed by atoms with Crippen molar-refractivity contribution in [3.05, 3.63) is 30.3 Å². The maximum atomic E-state index is 12.6. The number of benzene rings is 1. The summed E-state index contributed by atoms with van der Waals surface area (Å²) in [5, 5.41) is 9.63. The van der Waals surface area contributed by atoms with Gasteiger partial charge in [-0.3, -0.25) is 4.79 Å². The third-order valence-electron chi connectivity index (χ3n) is 4.58. The Morgan fingerprint density at radius 1 is 1.08 bits per heavy atom. The lowest BCUT2D eigenvalue weighted by Gasteiger charge is -2.20. The Morgan fingerprint density at radius 2 is 1.77 bits per heavy atom. The normalized spacial score (nSPS) is 15.3. The molecule has 3 rings (SSSR count). The molecule has 0 unspecified atom stereocenters. The molecule has 0 radical (unpaired) electrons. The lowest BCUT2D eigenvalue weighted by molar-refractivity contribution is -0.128. The molecule has 140 valence electrons. The molecule has 1 amide bonds. The molecule has 1 fully saturated rings. The molecule has 2 aromatic rings. The Labute approximate surface area is 160 Å². The van der Waals surface area contributed by atoms with Gasteiger partial charge in [-0.1, -0.05) is 68.8 Å². The zero-order valence-corrected chi connectivity index (χ0v) is 16.5. The van der Waals surface area contributed by atoms with Crippen molar-refractivity contribution in [2.24, 2.45) is 5.92 Å². The topological polar surface area (TPSA) is 51.0 Å². The van der Waals surface area contributed by atoms with Crippen LogP contribution in [0.5, 0.6) is 0 Å². The summed E-state index contributed by atoms with van der Waals surface area (Å²) in [5.74, 6) is 2.01. The minimum Gasteiger partial charge on any atom is -0.342 e. The molecular weight excluding hydrogens is 344 g/mol. The van der Waals surface area contributed by atoms with Crippen molar-refractivity contribution < 1.29 is 4.79 Å². The second kappa shape index (κ2) is 9.21. The molecule has 0 bridgehead atoms. The van der Waals surface area contributed by atoms with Crippen LogP contribution in [-0.2, 0) is 11.3 Å². The molecule has 0 saturated carbocycles. The highest BCUT2D eigenvalue weighted by molar-refractivity contribution is 7.99. The highest BCUT2D eigenvalue weighted by Crippen LogP contribution is 2.25. The van der Waals surface area contributed by atoms with Crippen molar-refractivity contribution in [3.8, 4) is 11.4 Å². The summed E-state index contributed by atoms with van der Waals surface area (Å²) in [7, 11) is 0. The van der Waals surface area contributed by atoms with Crippen LogP contribution in [0.15, 0.2) is 35.5 Å². The number of hydrogen-bond donors (Lipinski definition) is 0. The number of carbonyl (C=O) groups excluding carboxylic acids is 1. The zero-order valence-electron chi connectivity index (χ0n) is 15.7. The molecule has 1 aliphatic rings. The van der Waals surface area contributed by atoms with Crippen LogP contribution < -0.4 is 0 Å². The van der Waals surface area contributed by atoms with Gasteiger partial charge in [0.05, 0.1) is 5.75 Å². The van der Waals surface area contributed by atoms with Crippen LogP contribution in [0.1, 0.15) is 39.5 Å². The lowest BCUT2D eigenvalue weighted by atomic mass is 10.2. The Morgan fingerprint density at radius 3 is 2.42 bits per heavy atom. The van der Waals surface area contributed by atoms with Gasteiger partial charge in [0.2, 0.25) is 5.91 Å². The first kappa shape index (κ1) is 19.0. The number of likely N-dealkylation sites (tertiary alicyclic amines) is 1. The van der Waals surface area contributed by atoms with Crippen molar-refractivity contribution in [1.29, 1.82) is 0 Å². The van der Waals surface area contributed by atoms with E-state index in [1.54, 1.807) is 0 Å². The van der Waals surface area contributed by atoms with E-state index in [0.717, 1.165) is 49.0 Å². The Kier molecular flexibility index (Phi) is 6.72. The summed E-state index contributed by atoms with van der Waals surface area (Å²) in [4.78, 5) is 14.6. The summed E-state index contributed by atoms with van der Waals surface area (Å²) in [6, 6.07) is 10.1. The minimum atomic E-state index is 0.220. The molecule has 1 aliphatic heterocycles. The Hall–Kier alpha value is -1.82. The van der Waals surface area contributed by atoms with E-state index in [0.29, 0.717) is 11.7 Å². The molecule has 6 heteroatoms. The molecule has 0 N–H and O–H groups in total. The highest BCUT2D eigenvalue weighted by atomic mass is 32.2. The zero-order chi connectivity index (χ0) is 18.4. The summed E-state index contributed by atoms with van der Waals surface area (Å²) in [5.41, 5.74) is 1.06. The first-order chi connectivity index (χ1) is 12.6. The van der Waals surface area contributed by atoms with E-state index in [4.69, 9.17) is 0 Å². The summed E-state index contributed by atoms with van der Waals surface area (Å²) < 4.78 is 2.15. The van der Waals surface area contributed by atoms with E-state index in [-0.39, 0.29) is 5.91 Å². The van der Waals surface area contributed by atoms with Crippen molar-refractivity contribution in [2.45, 2.75) is 51.2 Å². The number of nitrogens with zero attached hydrogens (tertiary/aromatic N) is 4. The van der Waals surface area contributed by atoms with Crippen LogP contribution >= 0.6 is 11.8 Å². The van der Waals surface area contributed by atoms with Gasteiger partial charge in [0.1, 0.15) is 0 Å². The first-order valence-corrected chi connectivity index (χ1v) is 10.5. The number of aromatic nitrogens is 3. The van der Waals surface area contributed by atoms with E-state index in [9.17, 15) is 4.79 Å². The van der Waals surface area contributed by atoms with Crippen molar-refractivity contribution in [2.75, 3.05) is 18.8 Å². The molecular formula is C20H28N4OS. The molecule has 1 aromatic heterocycles. The largest absolute Gasteiger partial charge is 0.342 e. The van der Waals surface area contributed by atoms with E-state index in [2.05, 4.69) is 40.7 Å². The molecule has 1 aromatic carbocycles. The molecule has 0 spiro atoms. The second-order valence-electron chi connectivity index (χ2n) is 7.26. The molecule has 0 aliphatic carbocycles. The van der Waals surface area contributed by atoms with Gasteiger partial charge in [-0.05, 0) is 18.8 Å². The van der Waals surface area contributed by atoms with Crippen LogP contribution in [0.4, 0.5) is 0 Å². The van der Waals surface area contributed by atoms with E-state index in [1.807, 2.05) is 23.1 Å².